The summed E-state index contributed by atoms with van der Waals surface area (Å²) in [6, 6.07) is 11.3. The van der Waals surface area contributed by atoms with Crippen LogP contribution in [0.1, 0.15) is 31.3 Å². The molecular formula is C24H26N4O7S. The second-order valence-electron chi connectivity index (χ2n) is 8.65. The van der Waals surface area contributed by atoms with Crippen LogP contribution in [0.2, 0.25) is 0 Å². The molecule has 1 unspecified atom stereocenters. The normalized spacial score (nSPS) is 16.1. The molecular weight excluding hydrogens is 488 g/mol. The molecule has 2 heterocycles. The van der Waals surface area contributed by atoms with E-state index >= 15 is 0 Å². The average Bonchev–Trinajstić information content (AvgIpc) is 3.08. The smallest absolute Gasteiger partial charge is 0.422 e. The minimum atomic E-state index is -3.70. The van der Waals surface area contributed by atoms with E-state index < -0.39 is 33.7 Å². The number of rotatable bonds is 8. The molecule has 1 aliphatic heterocycles. The maximum atomic E-state index is 13.5. The van der Waals surface area contributed by atoms with Crippen LogP contribution in [0.3, 0.4) is 0 Å². The molecule has 0 spiro atoms. The molecule has 2 amide bonds. The number of nitrogens with zero attached hydrogens (tertiary/aromatic N) is 3. The maximum absolute atomic E-state index is 13.5. The zero-order chi connectivity index (χ0) is 26.2. The summed E-state index contributed by atoms with van der Waals surface area (Å²) >= 11 is 0. The van der Waals surface area contributed by atoms with Crippen LogP contribution in [0.25, 0.3) is 10.9 Å². The van der Waals surface area contributed by atoms with E-state index in [9.17, 15) is 22.8 Å². The lowest BCUT2D eigenvalue weighted by molar-refractivity contribution is -0.122. The Morgan fingerprint density at radius 2 is 1.83 bits per heavy atom. The Bertz CT molecular complexity index is 1510. The number of hydrogen-bond donors (Lipinski definition) is 1. The number of carbonyl (C=O) groups is 2. The maximum Gasteiger partial charge on any atom is 0.422 e. The summed E-state index contributed by atoms with van der Waals surface area (Å²) < 4.78 is 38.4. The molecule has 0 bridgehead atoms. The van der Waals surface area contributed by atoms with Crippen molar-refractivity contribution in [1.29, 1.82) is 0 Å². The summed E-state index contributed by atoms with van der Waals surface area (Å²) in [7, 11) is -3.70. The van der Waals surface area contributed by atoms with Crippen LogP contribution in [-0.2, 0) is 30.8 Å². The lowest BCUT2D eigenvalue weighted by atomic mass is 10.1. The number of amides is 2. The van der Waals surface area contributed by atoms with Crippen LogP contribution in [0.15, 0.2) is 47.3 Å². The molecule has 0 radical (unpaired) electrons. The van der Waals surface area contributed by atoms with Crippen molar-refractivity contribution in [3.8, 4) is 0 Å². The lowest BCUT2D eigenvalue weighted by Crippen LogP contribution is -2.33. The molecule has 12 heteroatoms. The van der Waals surface area contributed by atoms with E-state index in [4.69, 9.17) is 9.47 Å². The van der Waals surface area contributed by atoms with Gasteiger partial charge in [0.25, 0.3) is 11.5 Å². The molecule has 2 aromatic carbocycles. The number of ether oxygens (including phenoxy) is 2. The first-order valence-corrected chi connectivity index (χ1v) is 13.1. The number of carbonyl (C=O) groups excluding carboxylic acids is 2. The Balaban J connectivity index is 1.88. The summed E-state index contributed by atoms with van der Waals surface area (Å²) in [5.74, 6) is -0.843. The van der Waals surface area contributed by atoms with Gasteiger partial charge in [-0.1, -0.05) is 24.3 Å². The number of cyclic esters (lactones) is 1. The van der Waals surface area contributed by atoms with Gasteiger partial charge >= 0.3 is 6.09 Å². The molecule has 1 fully saturated rings. The fourth-order valence-corrected chi connectivity index (χ4v) is 4.51. The number of aromatic nitrogens is 2. The summed E-state index contributed by atoms with van der Waals surface area (Å²) in [5.41, 5.74) is 0.593. The average molecular weight is 515 g/mol. The number of hydrogen-bond acceptors (Lipinski definition) is 8. The van der Waals surface area contributed by atoms with E-state index in [1.807, 2.05) is 13.8 Å². The van der Waals surface area contributed by atoms with Gasteiger partial charge in [-0.25, -0.2) is 23.1 Å². The highest BCUT2D eigenvalue weighted by Gasteiger charge is 2.45. The Hall–Kier alpha value is -3.77. The Morgan fingerprint density at radius 1 is 1.11 bits per heavy atom. The lowest BCUT2D eigenvalue weighted by Gasteiger charge is -2.18. The number of nitrogens with one attached hydrogen (secondary N) is 1. The summed E-state index contributed by atoms with van der Waals surface area (Å²) in [6.07, 6.45) is -1.55. The van der Waals surface area contributed by atoms with Crippen LogP contribution in [0.5, 0.6) is 0 Å². The van der Waals surface area contributed by atoms with Gasteiger partial charge < -0.3 is 9.47 Å². The highest BCUT2D eigenvalue weighted by Crippen LogP contribution is 2.33. The molecule has 1 aromatic heterocycles. The quantitative estimate of drug-likeness (QED) is 0.484. The predicted octanol–water partition coefficient (Wildman–Crippen LogP) is 2.73. The second-order valence-corrected chi connectivity index (χ2v) is 10.4. The van der Waals surface area contributed by atoms with Crippen molar-refractivity contribution in [2.45, 2.75) is 39.5 Å². The summed E-state index contributed by atoms with van der Waals surface area (Å²) in [6.45, 7) is 5.60. The van der Waals surface area contributed by atoms with Gasteiger partial charge in [0, 0.05) is 0 Å². The molecule has 0 aliphatic carbocycles. The topological polar surface area (TPSA) is 137 Å². The van der Waals surface area contributed by atoms with Crippen molar-refractivity contribution in [3.63, 3.8) is 0 Å². The van der Waals surface area contributed by atoms with Gasteiger partial charge in [0.05, 0.1) is 42.3 Å². The molecule has 1 saturated heterocycles. The third-order valence-electron chi connectivity index (χ3n) is 5.51. The van der Waals surface area contributed by atoms with E-state index in [0.717, 1.165) is 11.2 Å². The highest BCUT2D eigenvalue weighted by molar-refractivity contribution is 7.92. The van der Waals surface area contributed by atoms with Gasteiger partial charge in [-0.05, 0) is 44.5 Å². The number of aryl methyl sites for hydroxylation is 1. The molecule has 0 saturated carbocycles. The van der Waals surface area contributed by atoms with Crippen LogP contribution in [0.4, 0.5) is 16.2 Å². The van der Waals surface area contributed by atoms with Crippen molar-refractivity contribution in [2.24, 2.45) is 0 Å². The number of sulfonamides is 1. The monoisotopic (exact) mass is 514 g/mol. The minimum absolute atomic E-state index is 0.0298. The first-order chi connectivity index (χ1) is 17.0. The van der Waals surface area contributed by atoms with Crippen molar-refractivity contribution in [2.75, 3.05) is 22.5 Å². The van der Waals surface area contributed by atoms with E-state index in [0.29, 0.717) is 11.3 Å². The molecule has 11 nitrogen and oxygen atoms in total. The minimum Gasteiger partial charge on any atom is -0.427 e. The Morgan fingerprint density at radius 3 is 2.50 bits per heavy atom. The zero-order valence-electron chi connectivity index (χ0n) is 20.2. The Kier molecular flexibility index (Phi) is 6.83. The van der Waals surface area contributed by atoms with Gasteiger partial charge in [-0.3, -0.25) is 18.9 Å². The van der Waals surface area contributed by atoms with Gasteiger partial charge in [-0.2, -0.15) is 0 Å². The van der Waals surface area contributed by atoms with Crippen LogP contribution < -0.4 is 15.2 Å². The first-order valence-electron chi connectivity index (χ1n) is 11.2. The van der Waals surface area contributed by atoms with E-state index in [2.05, 4.69) is 9.71 Å². The molecule has 36 heavy (non-hydrogen) atoms. The fourth-order valence-electron chi connectivity index (χ4n) is 3.94. The third-order valence-corrected chi connectivity index (χ3v) is 6.10. The van der Waals surface area contributed by atoms with Crippen molar-refractivity contribution in [3.05, 3.63) is 64.2 Å². The molecule has 1 N–H and O–H groups in total. The highest BCUT2D eigenvalue weighted by atomic mass is 32.2. The standard InChI is InChI=1S/C24H26N4O7S/c1-14(2)34-13-12-27-21(20-23(30)28(24(31)35-20)18-11-6-5-8-15(18)3)25-19-16(22(27)29)9-7-10-17(19)26-36(4,32)33/h5-11,14,20,26H,12-13H2,1-4H3. The predicted molar refractivity (Wildman–Crippen MR) is 133 cm³/mol. The number of anilines is 2. The number of imide groups is 1. The molecule has 3 aromatic rings. The molecule has 1 atom stereocenters. The van der Waals surface area contributed by atoms with E-state index in [1.165, 1.54) is 22.8 Å². The van der Waals surface area contributed by atoms with Crippen LogP contribution in [0, 0.1) is 6.92 Å². The van der Waals surface area contributed by atoms with Crippen molar-refractivity contribution in [1.82, 2.24) is 9.55 Å². The second kappa shape index (κ2) is 9.70. The molecule has 1 aliphatic rings. The van der Waals surface area contributed by atoms with Gasteiger partial charge in [0.15, 0.2) is 5.82 Å². The van der Waals surface area contributed by atoms with Crippen molar-refractivity contribution >= 4 is 44.3 Å². The van der Waals surface area contributed by atoms with Crippen LogP contribution in [-0.4, -0.2) is 48.9 Å². The molecule has 4 rings (SSSR count). The molecule has 190 valence electrons. The number of para-hydroxylation sites is 2. The van der Waals surface area contributed by atoms with Crippen LogP contribution >= 0.6 is 0 Å². The zero-order valence-corrected chi connectivity index (χ0v) is 21.0. The number of fused-ring (bicyclic) bond motifs is 1. The SMILES string of the molecule is Cc1ccccc1N1C(=O)OC(c2nc3c(NS(C)(=O)=O)cccc3c(=O)n2CCOC(C)C)C1=O. The summed E-state index contributed by atoms with van der Waals surface area (Å²) in [5, 5.41) is 0.129. The fraction of sp³-hybridized carbons (Fsp3) is 0.333. The summed E-state index contributed by atoms with van der Waals surface area (Å²) in [4.78, 5) is 45.2. The Labute approximate surface area is 207 Å². The van der Waals surface area contributed by atoms with Crippen molar-refractivity contribution < 1.29 is 27.5 Å². The van der Waals surface area contributed by atoms with E-state index in [-0.39, 0.29) is 41.7 Å². The largest absolute Gasteiger partial charge is 0.427 e. The van der Waals surface area contributed by atoms with Gasteiger partial charge in [-0.15, -0.1) is 0 Å². The van der Waals surface area contributed by atoms with E-state index in [1.54, 1.807) is 31.2 Å². The first kappa shape index (κ1) is 25.3. The third kappa shape index (κ3) is 4.95. The van der Waals surface area contributed by atoms with Gasteiger partial charge in [0.2, 0.25) is 16.1 Å². The van der Waals surface area contributed by atoms with Gasteiger partial charge in [0.1, 0.15) is 5.52 Å². The number of benzene rings is 2.